The van der Waals surface area contributed by atoms with Crippen molar-refractivity contribution >= 4 is 65.4 Å². The Balaban J connectivity index is 0.000000261. The summed E-state index contributed by atoms with van der Waals surface area (Å²) in [5.41, 5.74) is 7.81. The average Bonchev–Trinajstić information content (AvgIpc) is 3.86. The third kappa shape index (κ3) is 11.8. The van der Waals surface area contributed by atoms with Crippen LogP contribution in [0.4, 0.5) is 0 Å². The normalized spacial score (nSPS) is 9.95. The first-order valence-corrected chi connectivity index (χ1v) is 21.3. The molecule has 0 N–H and O–H groups in total. The molecule has 0 amide bonds. The van der Waals surface area contributed by atoms with Gasteiger partial charge < -0.3 is 13.7 Å². The van der Waals surface area contributed by atoms with Gasteiger partial charge in [-0.3, -0.25) is 4.90 Å². The largest absolute Gasteiger partial charge is 0.344 e. The van der Waals surface area contributed by atoms with Crippen LogP contribution in [0.5, 0.6) is 0 Å². The van der Waals surface area contributed by atoms with Crippen molar-refractivity contribution in [1.82, 2.24) is 18.6 Å². The van der Waals surface area contributed by atoms with Crippen molar-refractivity contribution < 1.29 is 0 Å². The summed E-state index contributed by atoms with van der Waals surface area (Å²) in [5.74, 6) is 0. The second-order valence-electron chi connectivity index (χ2n) is 13.3. The van der Waals surface area contributed by atoms with Gasteiger partial charge in [-0.15, -0.1) is 0 Å². The van der Waals surface area contributed by atoms with Crippen molar-refractivity contribution in [3.8, 4) is 0 Å². The lowest BCUT2D eigenvalue weighted by Crippen LogP contribution is -2.16. The van der Waals surface area contributed by atoms with E-state index in [1.165, 1.54) is 78.3 Å². The molecule has 0 aliphatic heterocycles. The van der Waals surface area contributed by atoms with E-state index in [9.17, 15) is 0 Å². The predicted octanol–water partition coefficient (Wildman–Crippen LogP) is 15.9. The minimum Gasteiger partial charge on any atom is -0.344 e. The van der Waals surface area contributed by atoms with Crippen LogP contribution >= 0.6 is 0 Å². The van der Waals surface area contributed by atoms with Crippen LogP contribution in [0.2, 0.25) is 0 Å². The molecule has 4 heteroatoms. The number of para-hydroxylation sites is 6. The van der Waals surface area contributed by atoms with Crippen LogP contribution in [-0.4, -0.2) is 32.7 Å². The van der Waals surface area contributed by atoms with E-state index in [1.807, 2.05) is 41.5 Å². The smallest absolute Gasteiger partial charge is 0.0752 e. The van der Waals surface area contributed by atoms with Gasteiger partial charge in [-0.25, -0.2) is 0 Å². The van der Waals surface area contributed by atoms with Gasteiger partial charge in [0.15, 0.2) is 0 Å². The first kappa shape index (κ1) is 47.8. The highest BCUT2D eigenvalue weighted by atomic mass is 15.2. The molecule has 0 saturated carbocycles. The molecule has 3 heterocycles. The fourth-order valence-corrected chi connectivity index (χ4v) is 6.67. The second kappa shape index (κ2) is 25.8. The van der Waals surface area contributed by atoms with Crippen LogP contribution in [0, 0.1) is 0 Å². The maximum Gasteiger partial charge on any atom is 0.0752 e. The quantitative estimate of drug-likeness (QED) is 0.171. The van der Waals surface area contributed by atoms with Crippen molar-refractivity contribution in [3.05, 3.63) is 146 Å². The molecule has 57 heavy (non-hydrogen) atoms. The Morgan fingerprint density at radius 2 is 0.509 bits per heavy atom. The minimum absolute atomic E-state index is 0.911. The maximum absolute atomic E-state index is 2.37. The number of aromatic nitrogens is 3. The SMILES string of the molecule is CC.CC.CC.CCC.CCC.CN(C)Cn1c2ccccc2c2ccccc21.Cn1c2ccccc2c2ccccc21.Cn1c2ccccc2c2ccccc21. The zero-order valence-electron chi connectivity index (χ0n) is 37.8. The third-order valence-electron chi connectivity index (χ3n) is 8.75. The van der Waals surface area contributed by atoms with Crippen molar-refractivity contribution in [3.63, 3.8) is 0 Å². The molecule has 0 aliphatic carbocycles. The van der Waals surface area contributed by atoms with Crippen molar-refractivity contribution in [1.29, 1.82) is 0 Å². The van der Waals surface area contributed by atoms with Gasteiger partial charge in [0.1, 0.15) is 0 Å². The zero-order valence-corrected chi connectivity index (χ0v) is 37.8. The fraction of sp³-hybridized carbons (Fsp3) is 0.321. The van der Waals surface area contributed by atoms with E-state index >= 15 is 0 Å². The summed E-state index contributed by atoms with van der Waals surface area (Å²) in [5, 5.41) is 8.03. The van der Waals surface area contributed by atoms with Crippen LogP contribution in [0.3, 0.4) is 0 Å². The number of hydrogen-bond acceptors (Lipinski definition) is 1. The molecule has 0 atom stereocenters. The molecular formula is C53H72N4. The molecule has 0 radical (unpaired) electrons. The summed E-state index contributed by atoms with van der Waals surface area (Å²) >= 11 is 0. The van der Waals surface area contributed by atoms with Gasteiger partial charge in [-0.1, -0.05) is 191 Å². The van der Waals surface area contributed by atoms with E-state index in [4.69, 9.17) is 0 Å². The molecule has 9 aromatic rings. The van der Waals surface area contributed by atoms with Gasteiger partial charge in [0.05, 0.1) is 17.7 Å². The van der Waals surface area contributed by atoms with Gasteiger partial charge in [0.25, 0.3) is 0 Å². The van der Waals surface area contributed by atoms with Crippen LogP contribution in [0.1, 0.15) is 82.1 Å². The Kier molecular flexibility index (Phi) is 21.6. The summed E-state index contributed by atoms with van der Waals surface area (Å²) in [6.07, 6.45) is 2.50. The van der Waals surface area contributed by atoms with E-state index in [1.54, 1.807) is 0 Å². The molecular weight excluding hydrogens is 693 g/mol. The van der Waals surface area contributed by atoms with Crippen molar-refractivity contribution in [2.24, 2.45) is 14.1 Å². The molecule has 6 aromatic carbocycles. The van der Waals surface area contributed by atoms with E-state index in [2.05, 4.69) is 220 Å². The van der Waals surface area contributed by atoms with Crippen LogP contribution < -0.4 is 0 Å². The van der Waals surface area contributed by atoms with Crippen LogP contribution in [-0.2, 0) is 20.8 Å². The Morgan fingerprint density at radius 1 is 0.333 bits per heavy atom. The number of benzene rings is 6. The highest BCUT2D eigenvalue weighted by Crippen LogP contribution is 2.30. The molecule has 0 fully saturated rings. The predicted molar refractivity (Wildman–Crippen MR) is 260 cm³/mol. The summed E-state index contributed by atoms with van der Waals surface area (Å²) in [6, 6.07) is 51.3. The average molecular weight is 765 g/mol. The van der Waals surface area contributed by atoms with E-state index in [-0.39, 0.29) is 0 Å². The molecule has 9 rings (SSSR count). The zero-order chi connectivity index (χ0) is 42.3. The summed E-state index contributed by atoms with van der Waals surface area (Å²) < 4.78 is 6.85. The Bertz CT molecular complexity index is 2180. The molecule has 3 aromatic heterocycles. The van der Waals surface area contributed by atoms with Crippen molar-refractivity contribution in [2.75, 3.05) is 14.1 Å². The van der Waals surface area contributed by atoms with Gasteiger partial charge in [0, 0.05) is 68.5 Å². The number of nitrogens with zero attached hydrogens (tertiary/aromatic N) is 4. The molecule has 0 aliphatic rings. The second-order valence-corrected chi connectivity index (χ2v) is 13.3. The van der Waals surface area contributed by atoms with Gasteiger partial charge in [-0.05, 0) is 50.5 Å². The Morgan fingerprint density at radius 3 is 0.719 bits per heavy atom. The van der Waals surface area contributed by atoms with Crippen molar-refractivity contribution in [2.45, 2.75) is 88.7 Å². The van der Waals surface area contributed by atoms with Crippen LogP contribution in [0.25, 0.3) is 65.4 Å². The number of fused-ring (bicyclic) bond motifs is 9. The molecule has 0 bridgehead atoms. The summed E-state index contributed by atoms with van der Waals surface area (Å²) in [7, 11) is 8.43. The van der Waals surface area contributed by atoms with E-state index in [0.717, 1.165) is 6.67 Å². The standard InChI is InChI=1S/C15H16N2.2C13H11N.2C3H8.3C2H6/c1-16(2)11-17-14-9-5-3-7-12(14)13-8-4-6-10-15(13)17;2*1-14-12-8-4-2-6-10(12)11-7-3-5-9-13(11)14;2*1-3-2;3*1-2/h3-10H,11H2,1-2H3;2*2-9H,1H3;2*3H2,1-2H3;3*1-2H3. The molecule has 4 nitrogen and oxygen atoms in total. The highest BCUT2D eigenvalue weighted by Gasteiger charge is 2.09. The highest BCUT2D eigenvalue weighted by molar-refractivity contribution is 6.09. The minimum atomic E-state index is 0.911. The Labute approximate surface area is 345 Å². The monoisotopic (exact) mass is 765 g/mol. The summed E-state index contributed by atoms with van der Waals surface area (Å²) in [4.78, 5) is 2.19. The molecule has 304 valence electrons. The first-order valence-electron chi connectivity index (χ1n) is 21.3. The number of hydrogen-bond donors (Lipinski definition) is 0. The van der Waals surface area contributed by atoms with Gasteiger partial charge in [0.2, 0.25) is 0 Å². The number of aryl methyl sites for hydroxylation is 2. The topological polar surface area (TPSA) is 18.0 Å². The lowest BCUT2D eigenvalue weighted by molar-refractivity contribution is 0.338. The van der Waals surface area contributed by atoms with Gasteiger partial charge in [-0.2, -0.15) is 0 Å². The van der Waals surface area contributed by atoms with Crippen LogP contribution in [0.15, 0.2) is 146 Å². The molecule has 0 spiro atoms. The lowest BCUT2D eigenvalue weighted by Gasteiger charge is -2.13. The van der Waals surface area contributed by atoms with Gasteiger partial charge >= 0.3 is 0 Å². The molecule has 0 unspecified atom stereocenters. The molecule has 0 saturated heterocycles. The number of rotatable bonds is 2. The summed E-state index contributed by atoms with van der Waals surface area (Å²) in [6.45, 7) is 21.4. The maximum atomic E-state index is 2.37. The lowest BCUT2D eigenvalue weighted by atomic mass is 10.2. The Hall–Kier alpha value is -5.32. The first-order chi connectivity index (χ1) is 27.9. The fourth-order valence-electron chi connectivity index (χ4n) is 6.67. The van der Waals surface area contributed by atoms with E-state index in [0.29, 0.717) is 0 Å². The third-order valence-corrected chi connectivity index (χ3v) is 8.75. The van der Waals surface area contributed by atoms with E-state index < -0.39 is 0 Å².